The fraction of sp³-hybridized carbons (Fsp3) is 0.500. The zero-order valence-electron chi connectivity index (χ0n) is 10.5. The van der Waals surface area contributed by atoms with Crippen molar-refractivity contribution in [2.45, 2.75) is 20.8 Å². The molecule has 7 heteroatoms. The minimum absolute atomic E-state index is 0. The molecule has 0 radical (unpaired) electrons. The Balaban J connectivity index is 0.00000256. The van der Waals surface area contributed by atoms with E-state index >= 15 is 0 Å². The molecule has 0 saturated carbocycles. The molecule has 0 aliphatic rings. The third-order valence-corrected chi connectivity index (χ3v) is 1.80. The quantitative estimate of drug-likeness (QED) is 0.696. The summed E-state index contributed by atoms with van der Waals surface area (Å²) in [5.41, 5.74) is -0.973. The van der Waals surface area contributed by atoms with E-state index in [0.717, 1.165) is 6.07 Å². The molecule has 1 aromatic rings. The maximum Gasteiger partial charge on any atom is 1.00 e. The first kappa shape index (κ1) is 17.4. The number of aromatic nitrogens is 1. The van der Waals surface area contributed by atoms with Gasteiger partial charge >= 0.3 is 58.4 Å². The molecular formula is C10H14BF3KNO. The summed E-state index contributed by atoms with van der Waals surface area (Å²) >= 11 is 0. The topological polar surface area (TPSA) is 22.1 Å². The van der Waals surface area contributed by atoms with Crippen LogP contribution >= 0.6 is 0 Å². The van der Waals surface area contributed by atoms with E-state index in [9.17, 15) is 12.9 Å². The molecule has 0 aliphatic carbocycles. The SMILES string of the molecule is CC(C)(C)COc1ncccc1[B-](F)(F)F.[K+]. The Labute approximate surface area is 142 Å². The smallest absolute Gasteiger partial charge is 0.479 e. The van der Waals surface area contributed by atoms with Crippen molar-refractivity contribution in [1.29, 1.82) is 0 Å². The molecule has 1 aromatic heterocycles. The van der Waals surface area contributed by atoms with Crippen molar-refractivity contribution in [2.24, 2.45) is 5.41 Å². The van der Waals surface area contributed by atoms with Gasteiger partial charge in [0, 0.05) is 6.20 Å². The van der Waals surface area contributed by atoms with E-state index in [1.165, 1.54) is 12.3 Å². The minimum atomic E-state index is -5.07. The molecule has 0 aliphatic heterocycles. The van der Waals surface area contributed by atoms with E-state index in [2.05, 4.69) is 4.98 Å². The van der Waals surface area contributed by atoms with Gasteiger partial charge in [0.2, 0.25) is 0 Å². The van der Waals surface area contributed by atoms with Crippen molar-refractivity contribution in [1.82, 2.24) is 4.98 Å². The Morgan fingerprint density at radius 2 is 1.88 bits per heavy atom. The van der Waals surface area contributed by atoms with Crippen LogP contribution in [0.4, 0.5) is 12.9 Å². The Bertz CT molecular complexity index is 365. The average Bonchev–Trinajstić information content (AvgIpc) is 2.12. The molecular weight excluding hydrogens is 257 g/mol. The zero-order valence-corrected chi connectivity index (χ0v) is 13.6. The average molecular weight is 271 g/mol. The number of nitrogens with zero attached hydrogens (tertiary/aromatic N) is 1. The van der Waals surface area contributed by atoms with E-state index in [0.29, 0.717) is 0 Å². The number of ether oxygens (including phenoxy) is 1. The number of halogens is 3. The van der Waals surface area contributed by atoms with Crippen molar-refractivity contribution < 1.29 is 69.1 Å². The standard InChI is InChI=1S/C10H14BF3NO.K/c1-10(2,3)7-16-9-8(11(12,13)14)5-4-6-15-9;/h4-6H,7H2,1-3H3;/q-1;+1. The molecule has 0 N–H and O–H groups in total. The van der Waals surface area contributed by atoms with Gasteiger partial charge in [-0.3, -0.25) is 0 Å². The van der Waals surface area contributed by atoms with Crippen molar-refractivity contribution in [2.75, 3.05) is 6.61 Å². The van der Waals surface area contributed by atoms with Crippen LogP contribution in [0.25, 0.3) is 0 Å². The van der Waals surface area contributed by atoms with Gasteiger partial charge in [-0.25, -0.2) is 4.98 Å². The Hall–Kier alpha value is 0.441. The van der Waals surface area contributed by atoms with Gasteiger partial charge in [0.15, 0.2) is 5.88 Å². The number of hydrogen-bond acceptors (Lipinski definition) is 2. The van der Waals surface area contributed by atoms with E-state index in [1.54, 1.807) is 0 Å². The van der Waals surface area contributed by atoms with Crippen LogP contribution < -0.4 is 61.6 Å². The van der Waals surface area contributed by atoms with Gasteiger partial charge in [-0.05, 0) is 16.9 Å². The van der Waals surface area contributed by atoms with Crippen molar-refractivity contribution in [3.05, 3.63) is 18.3 Å². The van der Waals surface area contributed by atoms with Gasteiger partial charge in [0.1, 0.15) is 0 Å². The van der Waals surface area contributed by atoms with Crippen molar-refractivity contribution in [3.63, 3.8) is 0 Å². The Kier molecular flexibility index (Phi) is 6.73. The minimum Gasteiger partial charge on any atom is -0.479 e. The fourth-order valence-corrected chi connectivity index (χ4v) is 1.06. The predicted molar refractivity (Wildman–Crippen MR) is 57.9 cm³/mol. The first-order chi connectivity index (χ1) is 7.20. The van der Waals surface area contributed by atoms with Crippen LogP contribution in [0.3, 0.4) is 0 Å². The Morgan fingerprint density at radius 1 is 1.29 bits per heavy atom. The molecule has 0 bridgehead atoms. The van der Waals surface area contributed by atoms with Crippen LogP contribution in [0.2, 0.25) is 0 Å². The van der Waals surface area contributed by atoms with E-state index < -0.39 is 12.4 Å². The second kappa shape index (κ2) is 6.56. The number of pyridine rings is 1. The van der Waals surface area contributed by atoms with Gasteiger partial charge in [-0.2, -0.15) is 0 Å². The molecule has 2 nitrogen and oxygen atoms in total. The first-order valence-corrected chi connectivity index (χ1v) is 4.98. The van der Waals surface area contributed by atoms with Crippen molar-refractivity contribution in [3.8, 4) is 5.88 Å². The molecule has 0 atom stereocenters. The van der Waals surface area contributed by atoms with E-state index in [1.807, 2.05) is 20.8 Å². The van der Waals surface area contributed by atoms with Crippen LogP contribution in [0.5, 0.6) is 5.88 Å². The van der Waals surface area contributed by atoms with Gasteiger partial charge in [0.05, 0.1) is 6.61 Å². The third-order valence-electron chi connectivity index (χ3n) is 1.80. The summed E-state index contributed by atoms with van der Waals surface area (Å²) in [7, 11) is 0. The predicted octanol–water partition coefficient (Wildman–Crippen LogP) is -0.435. The van der Waals surface area contributed by atoms with Gasteiger partial charge in [-0.1, -0.05) is 26.8 Å². The molecule has 1 heterocycles. The Morgan fingerprint density at radius 3 is 2.35 bits per heavy atom. The maximum absolute atomic E-state index is 12.6. The molecule has 90 valence electrons. The van der Waals surface area contributed by atoms with Gasteiger partial charge < -0.3 is 17.7 Å². The summed E-state index contributed by atoms with van der Waals surface area (Å²) in [5.74, 6) is -0.329. The summed E-state index contributed by atoms with van der Waals surface area (Å²) in [5, 5.41) is 0. The normalized spacial score (nSPS) is 11.9. The summed E-state index contributed by atoms with van der Waals surface area (Å²) in [6.07, 6.45) is 1.29. The van der Waals surface area contributed by atoms with Crippen LogP contribution in [0, 0.1) is 5.41 Å². The monoisotopic (exact) mass is 271 g/mol. The second-order valence-electron chi connectivity index (χ2n) is 4.82. The molecule has 1 rings (SSSR count). The van der Waals surface area contributed by atoms with E-state index in [-0.39, 0.29) is 69.3 Å². The van der Waals surface area contributed by atoms with E-state index in [4.69, 9.17) is 4.74 Å². The number of hydrogen-bond donors (Lipinski definition) is 0. The molecule has 0 amide bonds. The second-order valence-corrected chi connectivity index (χ2v) is 4.82. The largest absolute Gasteiger partial charge is 1.00 e. The first-order valence-electron chi connectivity index (χ1n) is 4.98. The fourth-order valence-electron chi connectivity index (χ4n) is 1.06. The van der Waals surface area contributed by atoms with Crippen LogP contribution in [0.1, 0.15) is 20.8 Å². The van der Waals surface area contributed by atoms with Crippen LogP contribution in [-0.4, -0.2) is 18.6 Å². The van der Waals surface area contributed by atoms with Gasteiger partial charge in [0.25, 0.3) is 0 Å². The van der Waals surface area contributed by atoms with Crippen molar-refractivity contribution >= 4 is 12.4 Å². The zero-order chi connectivity index (χ0) is 12.4. The summed E-state index contributed by atoms with van der Waals surface area (Å²) in [6.45, 7) is 0.774. The molecule has 17 heavy (non-hydrogen) atoms. The van der Waals surface area contributed by atoms with Crippen LogP contribution in [-0.2, 0) is 0 Å². The molecule has 0 saturated heterocycles. The summed E-state index contributed by atoms with van der Waals surface area (Å²) < 4.78 is 42.9. The molecule has 0 aromatic carbocycles. The third kappa shape index (κ3) is 6.24. The number of rotatable bonds is 3. The maximum atomic E-state index is 12.6. The molecule has 0 unspecified atom stereocenters. The molecule has 0 fully saturated rings. The molecule has 0 spiro atoms. The summed E-state index contributed by atoms with van der Waals surface area (Å²) in [4.78, 5) is 3.62. The van der Waals surface area contributed by atoms with Gasteiger partial charge in [-0.15, -0.1) is 0 Å². The van der Waals surface area contributed by atoms with Crippen LogP contribution in [0.15, 0.2) is 18.3 Å². The summed E-state index contributed by atoms with van der Waals surface area (Å²) in [6, 6.07) is 2.25.